The quantitative estimate of drug-likeness (QED) is 0.0568. The van der Waals surface area contributed by atoms with Gasteiger partial charge in [-0.3, -0.25) is 33.7 Å². The van der Waals surface area contributed by atoms with Gasteiger partial charge in [0.25, 0.3) is 0 Å². The summed E-state index contributed by atoms with van der Waals surface area (Å²) in [5, 5.41) is 19.2. The van der Waals surface area contributed by atoms with Crippen molar-refractivity contribution in [3.05, 3.63) is 48.0 Å². The van der Waals surface area contributed by atoms with Gasteiger partial charge in [-0.1, -0.05) is 84.4 Å². The van der Waals surface area contributed by atoms with Gasteiger partial charge in [-0.05, 0) is 75.8 Å². The van der Waals surface area contributed by atoms with Crippen molar-refractivity contribution in [3.63, 3.8) is 0 Å². The van der Waals surface area contributed by atoms with Crippen LogP contribution in [-0.4, -0.2) is 171 Å². The van der Waals surface area contributed by atoms with Crippen LogP contribution in [0.15, 0.2) is 42.5 Å². The number of nitrogens with one attached hydrogen (secondary N) is 3. The summed E-state index contributed by atoms with van der Waals surface area (Å²) in [7, 11) is 7.22. The second kappa shape index (κ2) is 30.1. The highest BCUT2D eigenvalue weighted by Gasteiger charge is 2.43. The van der Waals surface area contributed by atoms with Crippen LogP contribution in [0.4, 0.5) is 4.79 Å². The fourth-order valence-electron chi connectivity index (χ4n) is 10.1. The van der Waals surface area contributed by atoms with Gasteiger partial charge in [0.2, 0.25) is 29.5 Å². The lowest BCUT2D eigenvalue weighted by molar-refractivity contribution is -0.152. The van der Waals surface area contributed by atoms with Crippen LogP contribution in [-0.2, 0) is 57.2 Å². The summed E-state index contributed by atoms with van der Waals surface area (Å²) in [5.41, 5.74) is -0.330. The second-order valence-corrected chi connectivity index (χ2v) is 20.4. The third-order valence-electron chi connectivity index (χ3n) is 14.8. The molecule has 1 aromatic carbocycles. The SMILES string of the molecule is CCOC(=O)C[C@H](NC(=O)[C@]1(C)CC/C=C/[C@H](OC(=O)N(C)[C@H](C(=O)NCC(=O)N(C)[C@@H]([C@@H](C)CC)[C@@H](CC(=O)N2CCC[C@H]2[C@H](OC)[C@@H](C)C(=O)N[C@H](C)[C@@H](O)c2ccccc2)OC)C(C)C)CC1)C(=O)OC. The third-order valence-corrected chi connectivity index (χ3v) is 14.8. The number of benzene rings is 1. The summed E-state index contributed by atoms with van der Waals surface area (Å²) >= 11 is 0. The summed E-state index contributed by atoms with van der Waals surface area (Å²) < 4.78 is 27.6. The number of methoxy groups -OCH3 is 3. The molecule has 74 heavy (non-hydrogen) atoms. The Bertz CT molecular complexity index is 2060. The van der Waals surface area contributed by atoms with Gasteiger partial charge in [-0.25, -0.2) is 9.59 Å². The fraction of sp³-hybridized carbons (Fsp3) is 0.704. The van der Waals surface area contributed by atoms with Crippen molar-refractivity contribution in [2.75, 3.05) is 55.1 Å². The van der Waals surface area contributed by atoms with Gasteiger partial charge >= 0.3 is 18.0 Å². The number of esters is 2. The Morgan fingerprint density at radius 2 is 1.54 bits per heavy atom. The van der Waals surface area contributed by atoms with Gasteiger partial charge in [0.1, 0.15) is 18.2 Å². The first-order chi connectivity index (χ1) is 35.0. The highest BCUT2D eigenvalue weighted by Crippen LogP contribution is 2.34. The van der Waals surface area contributed by atoms with Crippen molar-refractivity contribution in [3.8, 4) is 0 Å². The highest BCUT2D eigenvalue weighted by molar-refractivity contribution is 5.91. The molecular weight excluding hydrogens is 957 g/mol. The highest BCUT2D eigenvalue weighted by atomic mass is 16.6. The molecule has 20 heteroatoms. The number of likely N-dealkylation sites (tertiary alicyclic amines) is 1. The second-order valence-electron chi connectivity index (χ2n) is 20.4. The summed E-state index contributed by atoms with van der Waals surface area (Å²) in [5.74, 6) is -4.70. The van der Waals surface area contributed by atoms with Gasteiger partial charge in [-0.2, -0.15) is 0 Å². The van der Waals surface area contributed by atoms with E-state index >= 15 is 0 Å². The smallest absolute Gasteiger partial charge is 0.410 e. The molecule has 20 nitrogen and oxygen atoms in total. The Labute approximate surface area is 438 Å². The average molecular weight is 1040 g/mol. The molecule has 0 saturated carbocycles. The number of carbonyl (C=O) groups excluding carboxylic acids is 8. The van der Waals surface area contributed by atoms with E-state index in [0.717, 1.165) is 7.11 Å². The third kappa shape index (κ3) is 17.2. The summed E-state index contributed by atoms with van der Waals surface area (Å²) in [6, 6.07) is 5.20. The number of aliphatic hydroxyl groups is 1. The van der Waals surface area contributed by atoms with Crippen molar-refractivity contribution in [2.45, 2.75) is 168 Å². The van der Waals surface area contributed by atoms with Gasteiger partial charge in [0.05, 0.1) is 75.5 Å². The van der Waals surface area contributed by atoms with E-state index in [1.54, 1.807) is 77.8 Å². The van der Waals surface area contributed by atoms with Crippen LogP contribution in [0.25, 0.3) is 0 Å². The zero-order valence-corrected chi connectivity index (χ0v) is 46.1. The molecule has 3 rings (SSSR count). The van der Waals surface area contributed by atoms with E-state index in [2.05, 4.69) is 16.0 Å². The van der Waals surface area contributed by atoms with Crippen LogP contribution in [0.5, 0.6) is 0 Å². The number of nitrogens with zero attached hydrogens (tertiary/aromatic N) is 3. The minimum absolute atomic E-state index is 0.0682. The van der Waals surface area contributed by atoms with Crippen molar-refractivity contribution >= 4 is 47.6 Å². The molecule has 1 fully saturated rings. The maximum absolute atomic E-state index is 14.3. The first-order valence-electron chi connectivity index (χ1n) is 26.1. The Morgan fingerprint density at radius 3 is 2.14 bits per heavy atom. The van der Waals surface area contributed by atoms with Crippen LogP contribution >= 0.6 is 0 Å². The molecule has 0 spiro atoms. The van der Waals surface area contributed by atoms with Crippen molar-refractivity contribution in [1.29, 1.82) is 0 Å². The Morgan fingerprint density at radius 1 is 0.865 bits per heavy atom. The molecule has 0 aromatic heterocycles. The number of hydrogen-bond acceptors (Lipinski definition) is 14. The summed E-state index contributed by atoms with van der Waals surface area (Å²) in [6.45, 7) is 14.5. The summed E-state index contributed by atoms with van der Waals surface area (Å²) in [4.78, 5) is 112. The Kier molecular flexibility index (Phi) is 25.5. The molecule has 1 saturated heterocycles. The molecule has 4 N–H and O–H groups in total. The lowest BCUT2D eigenvalue weighted by atomic mass is 9.77. The Hall–Kier alpha value is -5.60. The number of rotatable bonds is 26. The van der Waals surface area contributed by atoms with E-state index in [1.807, 2.05) is 32.0 Å². The van der Waals surface area contributed by atoms with Crippen LogP contribution in [0.1, 0.15) is 125 Å². The molecule has 0 unspecified atom stereocenters. The monoisotopic (exact) mass is 1040 g/mol. The number of allylic oxidation sites excluding steroid dienone is 1. The molecule has 12 atom stereocenters. The number of carbonyl (C=O) groups is 8. The molecule has 6 amide bonds. The number of ether oxygens (including phenoxy) is 5. The minimum atomic E-state index is -1.25. The van der Waals surface area contributed by atoms with Crippen LogP contribution < -0.4 is 16.0 Å². The van der Waals surface area contributed by atoms with Gasteiger partial charge < -0.3 is 54.5 Å². The van der Waals surface area contributed by atoms with Crippen LogP contribution in [0.3, 0.4) is 0 Å². The molecule has 1 aliphatic carbocycles. The Balaban J connectivity index is 1.66. The van der Waals surface area contributed by atoms with E-state index < -0.39 is 121 Å². The summed E-state index contributed by atoms with van der Waals surface area (Å²) in [6.07, 6.45) is 2.51. The zero-order valence-electron chi connectivity index (χ0n) is 46.1. The topological polar surface area (TPSA) is 249 Å². The molecule has 1 heterocycles. The molecule has 0 bridgehead atoms. The first-order valence-corrected chi connectivity index (χ1v) is 26.1. The maximum Gasteiger partial charge on any atom is 0.410 e. The zero-order chi connectivity index (χ0) is 55.4. The van der Waals surface area contributed by atoms with E-state index in [0.29, 0.717) is 44.2 Å². The van der Waals surface area contributed by atoms with Gasteiger partial charge in [0.15, 0.2) is 0 Å². The first kappa shape index (κ1) is 62.7. The van der Waals surface area contributed by atoms with E-state index in [4.69, 9.17) is 23.7 Å². The van der Waals surface area contributed by atoms with Crippen molar-refractivity contribution in [1.82, 2.24) is 30.7 Å². The minimum Gasteiger partial charge on any atom is -0.467 e. The lowest BCUT2D eigenvalue weighted by Gasteiger charge is -2.39. The normalized spacial score (nSPS) is 21.9. The molecular formula is C54H86N6O14. The van der Waals surface area contributed by atoms with Gasteiger partial charge in [-0.15, -0.1) is 0 Å². The average Bonchev–Trinajstić information content (AvgIpc) is 3.86. The molecule has 416 valence electrons. The maximum atomic E-state index is 14.3. The molecule has 0 radical (unpaired) electrons. The number of aliphatic hydroxyl groups excluding tert-OH is 1. The van der Waals surface area contributed by atoms with Crippen molar-refractivity contribution < 1.29 is 67.1 Å². The van der Waals surface area contributed by atoms with E-state index in [9.17, 15) is 43.5 Å². The number of hydrogen-bond donors (Lipinski definition) is 4. The van der Waals surface area contributed by atoms with Gasteiger partial charge in [0, 0.05) is 40.3 Å². The number of likely N-dealkylation sites (N-methyl/N-ethyl adjacent to an activating group) is 2. The predicted molar refractivity (Wildman–Crippen MR) is 276 cm³/mol. The van der Waals surface area contributed by atoms with Crippen LogP contribution in [0, 0.1) is 23.2 Å². The predicted octanol–water partition coefficient (Wildman–Crippen LogP) is 4.47. The van der Waals surface area contributed by atoms with E-state index in [1.165, 1.54) is 31.1 Å². The largest absolute Gasteiger partial charge is 0.467 e. The standard InChI is InChI=1S/C54H86N6O14/c1-14-34(5)46(41(70-11)31-42(61)60-29-21-25-40(60)48(71-12)35(6)49(65)56-36(7)47(64)37-22-17-16-18-23-37)58(9)43(62)32-55-50(66)45(33(3)4)59(10)53(69)74-38-24-19-20-27-54(8,28-26-38)52(68)57-39(51(67)72-13)30-44(63)73-15-2/h16-19,22-24,33-36,38-41,45-48,64H,14-15,20-21,25-32H2,1-13H3,(H,55,66)(H,56,65)(H,57,68)/b24-19+/t34-,35+,36+,38-,39-,40-,41+,45-,46-,47+,48+,54+/m0/s1. The lowest BCUT2D eigenvalue weighted by Crippen LogP contribution is -2.56. The fourth-order valence-corrected chi connectivity index (χ4v) is 10.1. The molecule has 1 aromatic rings. The number of amides is 6. The van der Waals surface area contributed by atoms with E-state index in [-0.39, 0.29) is 43.6 Å². The molecule has 1 aliphatic heterocycles. The van der Waals surface area contributed by atoms with Crippen molar-refractivity contribution in [2.24, 2.45) is 23.2 Å². The molecule has 2 aliphatic rings. The van der Waals surface area contributed by atoms with Crippen LogP contribution in [0.2, 0.25) is 0 Å².